The average molecular weight is 326 g/mol. The lowest BCUT2D eigenvalue weighted by Crippen LogP contribution is -2.45. The number of likely N-dealkylation sites (tertiary alicyclic amines) is 1. The van der Waals surface area contributed by atoms with E-state index < -0.39 is 0 Å². The number of hydrogen-bond donors (Lipinski definition) is 1. The molecule has 1 amide bonds. The highest BCUT2D eigenvalue weighted by atomic mass is 16.2. The maximum absolute atomic E-state index is 12.6. The highest BCUT2D eigenvalue weighted by Gasteiger charge is 2.40. The summed E-state index contributed by atoms with van der Waals surface area (Å²) in [6.07, 6.45) is 7.36. The van der Waals surface area contributed by atoms with Gasteiger partial charge in [-0.25, -0.2) is 0 Å². The Labute approximate surface area is 145 Å². The van der Waals surface area contributed by atoms with Crippen LogP contribution in [0.25, 0.3) is 0 Å². The largest absolute Gasteiger partial charge is 0.353 e. The number of rotatable bonds is 4. The number of piperidine rings is 1. The Kier molecular flexibility index (Phi) is 4.62. The van der Waals surface area contributed by atoms with Crippen molar-refractivity contribution in [2.75, 3.05) is 13.1 Å². The quantitative estimate of drug-likeness (QED) is 0.918. The number of aryl methyl sites for hydroxylation is 1. The van der Waals surface area contributed by atoms with Crippen molar-refractivity contribution in [2.24, 2.45) is 17.8 Å². The van der Waals surface area contributed by atoms with Gasteiger partial charge in [0.1, 0.15) is 0 Å². The molecular formula is C21H30N2O. The molecule has 3 aliphatic rings. The van der Waals surface area contributed by atoms with E-state index in [1.54, 1.807) is 0 Å². The summed E-state index contributed by atoms with van der Waals surface area (Å²) in [6, 6.07) is 9.12. The van der Waals surface area contributed by atoms with Gasteiger partial charge in [-0.1, -0.05) is 30.7 Å². The van der Waals surface area contributed by atoms with Crippen LogP contribution in [0.1, 0.15) is 49.7 Å². The molecule has 0 spiro atoms. The van der Waals surface area contributed by atoms with Crippen LogP contribution >= 0.6 is 0 Å². The Morgan fingerprint density at radius 2 is 1.92 bits per heavy atom. The Morgan fingerprint density at radius 3 is 2.58 bits per heavy atom. The predicted molar refractivity (Wildman–Crippen MR) is 96.6 cm³/mol. The van der Waals surface area contributed by atoms with Crippen molar-refractivity contribution in [3.8, 4) is 0 Å². The number of hydrogen-bond acceptors (Lipinski definition) is 2. The van der Waals surface area contributed by atoms with Crippen LogP contribution in [0.3, 0.4) is 0 Å². The number of benzene rings is 1. The van der Waals surface area contributed by atoms with Gasteiger partial charge in [0, 0.05) is 18.5 Å². The molecule has 4 rings (SSSR count). The van der Waals surface area contributed by atoms with E-state index in [4.69, 9.17) is 0 Å². The van der Waals surface area contributed by atoms with Gasteiger partial charge < -0.3 is 5.32 Å². The summed E-state index contributed by atoms with van der Waals surface area (Å²) in [6.45, 7) is 5.30. The first kappa shape index (κ1) is 16.1. The third kappa shape index (κ3) is 3.37. The highest BCUT2D eigenvalue weighted by molar-refractivity contribution is 5.79. The maximum atomic E-state index is 12.6. The fourth-order valence-corrected chi connectivity index (χ4v) is 5.10. The Bertz CT molecular complexity index is 591. The Balaban J connectivity index is 1.25. The third-order valence-corrected chi connectivity index (χ3v) is 6.68. The van der Waals surface area contributed by atoms with Crippen LogP contribution in [-0.2, 0) is 11.3 Å². The number of carbonyl (C=O) groups is 1. The summed E-state index contributed by atoms with van der Waals surface area (Å²) in [5.41, 5.74) is 2.79. The van der Waals surface area contributed by atoms with Crippen LogP contribution in [-0.4, -0.2) is 29.9 Å². The van der Waals surface area contributed by atoms with Crippen LogP contribution in [0.2, 0.25) is 0 Å². The van der Waals surface area contributed by atoms with Crippen LogP contribution in [0.15, 0.2) is 24.3 Å². The monoisotopic (exact) mass is 326 g/mol. The smallest absolute Gasteiger partial charge is 0.223 e. The van der Waals surface area contributed by atoms with Crippen molar-refractivity contribution in [2.45, 2.75) is 58.0 Å². The first-order valence-electron chi connectivity index (χ1n) is 9.76. The van der Waals surface area contributed by atoms with Gasteiger partial charge in [0.2, 0.25) is 5.91 Å². The standard InChI is InChI=1S/C21H30N2O/c1-15-4-2-3-5-19(15)14-23-10-8-17(9-11-23)21(24)22-20-13-16-6-7-18(20)12-16/h2-5,16-18,20H,6-14H2,1H3,(H,22,24)/t16-,18-,20-/m0/s1. The van der Waals surface area contributed by atoms with E-state index in [-0.39, 0.29) is 5.92 Å². The van der Waals surface area contributed by atoms with Gasteiger partial charge in [-0.05, 0) is 75.1 Å². The van der Waals surface area contributed by atoms with E-state index in [1.165, 1.54) is 36.8 Å². The first-order chi connectivity index (χ1) is 11.7. The van der Waals surface area contributed by atoms with Gasteiger partial charge in [0.15, 0.2) is 0 Å². The summed E-state index contributed by atoms with van der Waals surface area (Å²) >= 11 is 0. The molecule has 2 bridgehead atoms. The second-order valence-electron chi connectivity index (χ2n) is 8.27. The lowest BCUT2D eigenvalue weighted by Gasteiger charge is -2.33. The number of nitrogens with zero attached hydrogens (tertiary/aromatic N) is 1. The van der Waals surface area contributed by atoms with Crippen LogP contribution in [0.4, 0.5) is 0 Å². The molecule has 3 nitrogen and oxygen atoms in total. The minimum absolute atomic E-state index is 0.234. The number of amides is 1. The zero-order chi connectivity index (χ0) is 16.5. The lowest BCUT2D eigenvalue weighted by atomic mass is 9.92. The molecule has 1 heterocycles. The second kappa shape index (κ2) is 6.87. The molecule has 2 aliphatic carbocycles. The highest BCUT2D eigenvalue weighted by Crippen LogP contribution is 2.44. The van der Waals surface area contributed by atoms with Crippen molar-refractivity contribution in [3.63, 3.8) is 0 Å². The summed E-state index contributed by atoms with van der Waals surface area (Å²) in [4.78, 5) is 15.1. The zero-order valence-electron chi connectivity index (χ0n) is 14.8. The van der Waals surface area contributed by atoms with Crippen molar-refractivity contribution < 1.29 is 4.79 Å². The molecule has 1 N–H and O–H groups in total. The number of fused-ring (bicyclic) bond motifs is 2. The van der Waals surface area contributed by atoms with Crippen molar-refractivity contribution in [1.29, 1.82) is 0 Å². The van der Waals surface area contributed by atoms with E-state index in [9.17, 15) is 4.79 Å². The van der Waals surface area contributed by atoms with Gasteiger partial charge >= 0.3 is 0 Å². The minimum Gasteiger partial charge on any atom is -0.353 e. The van der Waals surface area contributed by atoms with E-state index in [0.717, 1.165) is 44.3 Å². The molecule has 24 heavy (non-hydrogen) atoms. The average Bonchev–Trinajstić information content (AvgIpc) is 3.20. The maximum Gasteiger partial charge on any atom is 0.223 e. The van der Waals surface area contributed by atoms with Gasteiger partial charge in [-0.3, -0.25) is 9.69 Å². The van der Waals surface area contributed by atoms with Gasteiger partial charge in [-0.2, -0.15) is 0 Å². The molecule has 0 radical (unpaired) electrons. The zero-order valence-corrected chi connectivity index (χ0v) is 14.8. The molecule has 130 valence electrons. The predicted octanol–water partition coefficient (Wildman–Crippen LogP) is 3.51. The second-order valence-corrected chi connectivity index (χ2v) is 8.27. The molecule has 3 fully saturated rings. The van der Waals surface area contributed by atoms with Crippen LogP contribution in [0, 0.1) is 24.7 Å². The molecule has 0 unspecified atom stereocenters. The molecule has 3 heteroatoms. The fraction of sp³-hybridized carbons (Fsp3) is 0.667. The number of carbonyl (C=O) groups excluding carboxylic acids is 1. The van der Waals surface area contributed by atoms with Gasteiger partial charge in [-0.15, -0.1) is 0 Å². The van der Waals surface area contributed by atoms with Gasteiger partial charge in [0.05, 0.1) is 0 Å². The molecule has 0 aromatic heterocycles. The third-order valence-electron chi connectivity index (χ3n) is 6.68. The molecule has 1 saturated heterocycles. The summed E-state index contributed by atoms with van der Waals surface area (Å²) in [7, 11) is 0. The fourth-order valence-electron chi connectivity index (χ4n) is 5.10. The molecule has 2 saturated carbocycles. The van der Waals surface area contributed by atoms with Crippen molar-refractivity contribution in [3.05, 3.63) is 35.4 Å². The van der Waals surface area contributed by atoms with Crippen LogP contribution < -0.4 is 5.32 Å². The van der Waals surface area contributed by atoms with E-state index in [2.05, 4.69) is 41.4 Å². The van der Waals surface area contributed by atoms with E-state index in [1.807, 2.05) is 0 Å². The lowest BCUT2D eigenvalue weighted by molar-refractivity contribution is -0.127. The summed E-state index contributed by atoms with van der Waals surface area (Å²) < 4.78 is 0. The van der Waals surface area contributed by atoms with Crippen LogP contribution in [0.5, 0.6) is 0 Å². The topological polar surface area (TPSA) is 32.3 Å². The molecule has 1 aliphatic heterocycles. The van der Waals surface area contributed by atoms with Gasteiger partial charge in [0.25, 0.3) is 0 Å². The number of nitrogens with one attached hydrogen (secondary N) is 1. The SMILES string of the molecule is Cc1ccccc1CN1CCC(C(=O)N[C@H]2C[C@H]3CC[C@H]2C3)CC1. The normalized spacial score (nSPS) is 30.6. The molecule has 1 aromatic rings. The summed E-state index contributed by atoms with van der Waals surface area (Å²) in [5.74, 6) is 2.25. The van der Waals surface area contributed by atoms with E-state index >= 15 is 0 Å². The molecule has 3 atom stereocenters. The Hall–Kier alpha value is -1.35. The minimum atomic E-state index is 0.234. The van der Waals surface area contributed by atoms with E-state index in [0.29, 0.717) is 11.9 Å². The van der Waals surface area contributed by atoms with Crippen molar-refractivity contribution in [1.82, 2.24) is 10.2 Å². The first-order valence-corrected chi connectivity index (χ1v) is 9.76. The van der Waals surface area contributed by atoms with Crippen molar-refractivity contribution >= 4 is 5.91 Å². The Morgan fingerprint density at radius 1 is 1.12 bits per heavy atom. The molecular weight excluding hydrogens is 296 g/mol. The summed E-state index contributed by atoms with van der Waals surface area (Å²) in [5, 5.41) is 3.40. The molecule has 1 aromatic carbocycles.